The van der Waals surface area contributed by atoms with Crippen molar-refractivity contribution in [3.63, 3.8) is 0 Å². The van der Waals surface area contributed by atoms with Gasteiger partial charge in [-0.3, -0.25) is 9.78 Å². The Balaban J connectivity index is 1.66. The number of hydrogen-bond donors (Lipinski definition) is 1. The van der Waals surface area contributed by atoms with E-state index in [0.717, 1.165) is 18.2 Å². The molecule has 2 fully saturated rings. The van der Waals surface area contributed by atoms with E-state index in [1.165, 1.54) is 12.3 Å². The quantitative estimate of drug-likeness (QED) is 0.437. The van der Waals surface area contributed by atoms with Crippen molar-refractivity contribution < 1.29 is 35.5 Å². The zero-order valence-corrected chi connectivity index (χ0v) is 18.8. The molecule has 0 unspecified atom stereocenters. The first-order valence-electron chi connectivity index (χ1n) is 11.6. The van der Waals surface area contributed by atoms with Crippen LogP contribution < -0.4 is 5.32 Å². The lowest BCUT2D eigenvalue weighted by atomic mass is 9.80. The maximum atomic E-state index is 14.7. The van der Waals surface area contributed by atoms with E-state index in [1.54, 1.807) is 0 Å². The van der Waals surface area contributed by atoms with Crippen molar-refractivity contribution >= 4 is 11.6 Å². The van der Waals surface area contributed by atoms with Crippen molar-refractivity contribution in [2.24, 2.45) is 11.8 Å². The highest BCUT2D eigenvalue weighted by molar-refractivity contribution is 5.97. The number of amides is 1. The number of nitrogens with zero attached hydrogens (tertiary/aromatic N) is 1. The SMILES string of the molecule is O=C(Nc1c(-c2cc(F)ccc2F)ccnc1C1CCC(F)(F)CC1)C1CCC(C(F)(F)F)CC1. The summed E-state index contributed by atoms with van der Waals surface area (Å²) in [4.78, 5) is 17.4. The molecule has 4 rings (SSSR count). The molecule has 0 radical (unpaired) electrons. The van der Waals surface area contributed by atoms with Crippen LogP contribution in [0, 0.1) is 23.5 Å². The van der Waals surface area contributed by atoms with Crippen LogP contribution in [0.3, 0.4) is 0 Å². The standard InChI is InChI=1S/C25H25F7N2O/c26-17-5-6-20(27)19(13-17)18-9-12-33-21(14-7-10-24(28,29)11-8-14)22(18)34-23(35)15-1-3-16(4-2-15)25(30,31)32/h5-6,9,12-16H,1-4,7-8,10-11H2,(H,34,35). The van der Waals surface area contributed by atoms with Crippen molar-refractivity contribution in [3.8, 4) is 11.1 Å². The number of pyridine rings is 1. The monoisotopic (exact) mass is 502 g/mol. The molecule has 1 amide bonds. The van der Waals surface area contributed by atoms with Crippen molar-refractivity contribution in [3.05, 3.63) is 47.8 Å². The smallest absolute Gasteiger partial charge is 0.324 e. The molecule has 0 aliphatic heterocycles. The normalized spacial score (nSPS) is 23.2. The molecule has 2 aliphatic rings. The number of anilines is 1. The first-order chi connectivity index (χ1) is 16.4. The van der Waals surface area contributed by atoms with Gasteiger partial charge in [0.25, 0.3) is 0 Å². The van der Waals surface area contributed by atoms with Gasteiger partial charge in [0.2, 0.25) is 11.8 Å². The van der Waals surface area contributed by atoms with E-state index in [-0.39, 0.29) is 68.2 Å². The minimum Gasteiger partial charge on any atom is -0.324 e. The van der Waals surface area contributed by atoms with Gasteiger partial charge < -0.3 is 5.32 Å². The number of hydrogen-bond acceptors (Lipinski definition) is 2. The molecule has 1 heterocycles. The van der Waals surface area contributed by atoms with Gasteiger partial charge in [-0.25, -0.2) is 17.6 Å². The fourth-order valence-corrected chi connectivity index (χ4v) is 5.07. The number of carbonyl (C=O) groups excluding carboxylic acids is 1. The Morgan fingerprint density at radius 2 is 1.60 bits per heavy atom. The first kappa shape index (κ1) is 25.4. The number of halogens is 7. The summed E-state index contributed by atoms with van der Waals surface area (Å²) in [5.74, 6) is -7.39. The minimum atomic E-state index is -4.32. The van der Waals surface area contributed by atoms with E-state index >= 15 is 0 Å². The molecule has 0 spiro atoms. The second-order valence-corrected chi connectivity index (χ2v) is 9.45. The maximum absolute atomic E-state index is 14.7. The Kier molecular flexibility index (Phi) is 7.11. The molecule has 190 valence electrons. The number of aromatic nitrogens is 1. The Bertz CT molecular complexity index is 1070. The third kappa shape index (κ3) is 5.78. The lowest BCUT2D eigenvalue weighted by Gasteiger charge is -2.31. The van der Waals surface area contributed by atoms with Crippen LogP contribution in [-0.2, 0) is 4.79 Å². The molecular weight excluding hydrogens is 477 g/mol. The average Bonchev–Trinajstić information content (AvgIpc) is 2.80. The van der Waals surface area contributed by atoms with Crippen LogP contribution in [0.4, 0.5) is 36.4 Å². The Labute approximate surface area is 198 Å². The predicted molar refractivity (Wildman–Crippen MR) is 116 cm³/mol. The number of benzene rings is 1. The van der Waals surface area contributed by atoms with Crippen molar-refractivity contribution in [1.82, 2.24) is 4.98 Å². The van der Waals surface area contributed by atoms with E-state index in [4.69, 9.17) is 0 Å². The van der Waals surface area contributed by atoms with Crippen LogP contribution >= 0.6 is 0 Å². The summed E-state index contributed by atoms with van der Waals surface area (Å²) >= 11 is 0. The maximum Gasteiger partial charge on any atom is 0.391 e. The number of rotatable bonds is 4. The Morgan fingerprint density at radius 3 is 2.23 bits per heavy atom. The van der Waals surface area contributed by atoms with Crippen LogP contribution in [0.5, 0.6) is 0 Å². The van der Waals surface area contributed by atoms with Gasteiger partial charge in [0.15, 0.2) is 0 Å². The van der Waals surface area contributed by atoms with Gasteiger partial charge in [-0.15, -0.1) is 0 Å². The lowest BCUT2D eigenvalue weighted by Crippen LogP contribution is -2.33. The highest BCUT2D eigenvalue weighted by atomic mass is 19.4. The van der Waals surface area contributed by atoms with Gasteiger partial charge in [0.05, 0.1) is 17.3 Å². The molecule has 35 heavy (non-hydrogen) atoms. The fraction of sp³-hybridized carbons (Fsp3) is 0.520. The van der Waals surface area contributed by atoms with Gasteiger partial charge in [-0.1, -0.05) is 0 Å². The third-order valence-electron chi connectivity index (χ3n) is 7.11. The zero-order valence-electron chi connectivity index (χ0n) is 18.8. The van der Waals surface area contributed by atoms with Gasteiger partial charge in [-0.05, 0) is 62.8 Å². The molecule has 0 saturated heterocycles. The molecule has 0 bridgehead atoms. The molecule has 1 aromatic carbocycles. The second-order valence-electron chi connectivity index (χ2n) is 9.45. The average molecular weight is 502 g/mol. The van der Waals surface area contributed by atoms with Crippen LogP contribution in [0.15, 0.2) is 30.5 Å². The number of nitrogens with one attached hydrogen (secondary N) is 1. The van der Waals surface area contributed by atoms with E-state index in [9.17, 15) is 35.5 Å². The van der Waals surface area contributed by atoms with Crippen LogP contribution in [0.1, 0.15) is 63.0 Å². The Morgan fingerprint density at radius 1 is 0.943 bits per heavy atom. The van der Waals surface area contributed by atoms with Gasteiger partial charge in [-0.2, -0.15) is 13.2 Å². The van der Waals surface area contributed by atoms with Gasteiger partial charge >= 0.3 is 6.18 Å². The fourth-order valence-electron chi connectivity index (χ4n) is 5.07. The summed E-state index contributed by atoms with van der Waals surface area (Å²) < 4.78 is 95.1. The summed E-state index contributed by atoms with van der Waals surface area (Å²) in [6.45, 7) is 0. The molecular formula is C25H25F7N2O. The lowest BCUT2D eigenvalue weighted by molar-refractivity contribution is -0.184. The largest absolute Gasteiger partial charge is 0.391 e. The highest BCUT2D eigenvalue weighted by Gasteiger charge is 2.43. The predicted octanol–water partition coefficient (Wildman–Crippen LogP) is 7.63. The molecule has 2 aromatic rings. The summed E-state index contributed by atoms with van der Waals surface area (Å²) in [5, 5.41) is 2.71. The van der Waals surface area contributed by atoms with Crippen LogP contribution in [-0.4, -0.2) is 23.0 Å². The van der Waals surface area contributed by atoms with E-state index in [2.05, 4.69) is 10.3 Å². The van der Waals surface area contributed by atoms with E-state index < -0.39 is 47.4 Å². The molecule has 3 nitrogen and oxygen atoms in total. The van der Waals surface area contributed by atoms with Crippen LogP contribution in [0.2, 0.25) is 0 Å². The summed E-state index contributed by atoms with van der Waals surface area (Å²) in [6.07, 6.45) is -3.80. The zero-order chi connectivity index (χ0) is 25.4. The second kappa shape index (κ2) is 9.78. The molecule has 2 aliphatic carbocycles. The number of carbonyl (C=O) groups is 1. The molecule has 10 heteroatoms. The molecule has 2 saturated carbocycles. The van der Waals surface area contributed by atoms with Crippen molar-refractivity contribution in [2.45, 2.75) is 69.4 Å². The van der Waals surface area contributed by atoms with E-state index in [1.807, 2.05) is 0 Å². The highest BCUT2D eigenvalue weighted by Crippen LogP contribution is 2.45. The first-order valence-corrected chi connectivity index (χ1v) is 11.6. The summed E-state index contributed by atoms with van der Waals surface area (Å²) in [6, 6.07) is 4.25. The third-order valence-corrected chi connectivity index (χ3v) is 7.11. The van der Waals surface area contributed by atoms with Gasteiger partial charge in [0, 0.05) is 42.0 Å². The Hall–Kier alpha value is -2.65. The summed E-state index contributed by atoms with van der Waals surface area (Å²) in [7, 11) is 0. The number of alkyl halides is 5. The molecule has 1 aromatic heterocycles. The molecule has 1 N–H and O–H groups in total. The van der Waals surface area contributed by atoms with Crippen molar-refractivity contribution in [2.75, 3.05) is 5.32 Å². The molecule has 0 atom stereocenters. The summed E-state index contributed by atoms with van der Waals surface area (Å²) in [5.41, 5.74) is 0.390. The van der Waals surface area contributed by atoms with E-state index in [0.29, 0.717) is 5.69 Å². The van der Waals surface area contributed by atoms with Crippen LogP contribution in [0.25, 0.3) is 11.1 Å². The minimum absolute atomic E-state index is 0.0327. The van der Waals surface area contributed by atoms with Gasteiger partial charge in [0.1, 0.15) is 11.6 Å². The topological polar surface area (TPSA) is 42.0 Å². The van der Waals surface area contributed by atoms with Crippen molar-refractivity contribution in [1.29, 1.82) is 0 Å².